The molecule has 2 aliphatic heterocycles. The van der Waals surface area contributed by atoms with Crippen LogP contribution in [-0.2, 0) is 4.84 Å². The van der Waals surface area contributed by atoms with Gasteiger partial charge < -0.3 is 10.2 Å². The van der Waals surface area contributed by atoms with Crippen molar-refractivity contribution >= 4 is 5.71 Å². The van der Waals surface area contributed by atoms with E-state index in [0.717, 1.165) is 18.3 Å². The van der Waals surface area contributed by atoms with E-state index in [-0.39, 0.29) is 6.10 Å². The fraction of sp³-hybridized carbons (Fsp3) is 0.773. The van der Waals surface area contributed by atoms with Crippen LogP contribution in [0.3, 0.4) is 0 Å². The summed E-state index contributed by atoms with van der Waals surface area (Å²) in [4.78, 5) is 5.77. The Hall–Kier alpha value is -1.09. The molecule has 25 heavy (non-hydrogen) atoms. The standard InChI is InChI=1S/C22H36N2O/c1-3-7-17(4-2)22-16-21(24-25-22)20-10-5-8-18(9-6-11-20)19-12-14-23-15-13-19/h3-4,7,18-20,22-23H,5-6,8-16H2,1-2H3/b7-3-,17-4+. The smallest absolute Gasteiger partial charge is 0.157 e. The van der Waals surface area contributed by atoms with Crippen molar-refractivity contribution in [2.24, 2.45) is 22.9 Å². The van der Waals surface area contributed by atoms with Gasteiger partial charge in [-0.15, -0.1) is 0 Å². The van der Waals surface area contributed by atoms with Crippen molar-refractivity contribution in [2.75, 3.05) is 13.1 Å². The number of nitrogens with zero attached hydrogens (tertiary/aromatic N) is 1. The van der Waals surface area contributed by atoms with E-state index >= 15 is 0 Å². The summed E-state index contributed by atoms with van der Waals surface area (Å²) in [5.74, 6) is 2.61. The molecule has 0 bridgehead atoms. The first kappa shape index (κ1) is 18.7. The van der Waals surface area contributed by atoms with E-state index in [2.05, 4.69) is 42.5 Å². The van der Waals surface area contributed by atoms with Crippen LogP contribution in [0.1, 0.15) is 71.6 Å². The number of hydrogen-bond acceptors (Lipinski definition) is 3. The first-order valence-electron chi connectivity index (χ1n) is 10.5. The largest absolute Gasteiger partial charge is 0.387 e. The summed E-state index contributed by atoms with van der Waals surface area (Å²) in [5.41, 5.74) is 2.59. The maximum Gasteiger partial charge on any atom is 0.157 e. The number of nitrogens with one attached hydrogen (secondary N) is 1. The van der Waals surface area contributed by atoms with Gasteiger partial charge in [-0.05, 0) is 70.0 Å². The lowest BCUT2D eigenvalue weighted by Gasteiger charge is -2.33. The molecule has 0 aromatic carbocycles. The predicted molar refractivity (Wildman–Crippen MR) is 106 cm³/mol. The molecule has 0 aromatic heterocycles. The highest BCUT2D eigenvalue weighted by molar-refractivity contribution is 5.88. The van der Waals surface area contributed by atoms with Crippen LogP contribution in [0, 0.1) is 17.8 Å². The highest BCUT2D eigenvalue weighted by Gasteiger charge is 2.31. The minimum atomic E-state index is 0.143. The molecular formula is C22H36N2O. The molecule has 0 radical (unpaired) electrons. The Kier molecular flexibility index (Phi) is 7.15. The maximum atomic E-state index is 5.77. The second kappa shape index (κ2) is 9.56. The summed E-state index contributed by atoms with van der Waals surface area (Å²) in [6.45, 7) is 6.62. The first-order valence-corrected chi connectivity index (χ1v) is 10.5. The molecule has 3 aliphatic rings. The molecule has 3 heteroatoms. The summed E-state index contributed by atoms with van der Waals surface area (Å²) in [6, 6.07) is 0. The highest BCUT2D eigenvalue weighted by Crippen LogP contribution is 2.36. The molecule has 3 rings (SSSR count). The van der Waals surface area contributed by atoms with Crippen molar-refractivity contribution in [2.45, 2.75) is 77.7 Å². The van der Waals surface area contributed by atoms with Gasteiger partial charge in [-0.1, -0.05) is 49.1 Å². The summed E-state index contributed by atoms with van der Waals surface area (Å²) < 4.78 is 0. The van der Waals surface area contributed by atoms with Gasteiger partial charge in [-0.2, -0.15) is 0 Å². The minimum Gasteiger partial charge on any atom is -0.387 e. The SMILES string of the molecule is C/C=C\C(=C/C)C1CC(C2CCCC(C3CCNCC3)CCC2)=NO1. The minimum absolute atomic E-state index is 0.143. The fourth-order valence-corrected chi connectivity index (χ4v) is 5.06. The van der Waals surface area contributed by atoms with Crippen molar-refractivity contribution in [3.63, 3.8) is 0 Å². The molecule has 2 heterocycles. The molecule has 1 N–H and O–H groups in total. The van der Waals surface area contributed by atoms with Gasteiger partial charge >= 0.3 is 0 Å². The quantitative estimate of drug-likeness (QED) is 0.708. The van der Waals surface area contributed by atoms with Crippen LogP contribution in [0.15, 0.2) is 29.0 Å². The van der Waals surface area contributed by atoms with Gasteiger partial charge in [0.15, 0.2) is 6.10 Å². The van der Waals surface area contributed by atoms with E-state index in [0.29, 0.717) is 5.92 Å². The molecular weight excluding hydrogens is 308 g/mol. The van der Waals surface area contributed by atoms with Crippen LogP contribution in [0.2, 0.25) is 0 Å². The Morgan fingerprint density at radius 2 is 1.68 bits per heavy atom. The van der Waals surface area contributed by atoms with Crippen LogP contribution in [0.25, 0.3) is 0 Å². The van der Waals surface area contributed by atoms with Gasteiger partial charge in [-0.3, -0.25) is 0 Å². The molecule has 3 nitrogen and oxygen atoms in total. The van der Waals surface area contributed by atoms with Crippen molar-refractivity contribution in [1.82, 2.24) is 5.32 Å². The van der Waals surface area contributed by atoms with Gasteiger partial charge in [0.1, 0.15) is 0 Å². The Labute approximate surface area is 154 Å². The molecule has 1 saturated heterocycles. The normalized spacial score (nSPS) is 33.0. The third-order valence-electron chi connectivity index (χ3n) is 6.53. The Balaban J connectivity index is 1.49. The van der Waals surface area contributed by atoms with E-state index < -0.39 is 0 Å². The van der Waals surface area contributed by atoms with E-state index in [1.165, 1.54) is 75.7 Å². The van der Waals surface area contributed by atoms with E-state index in [1.807, 2.05) is 0 Å². The molecule has 1 aliphatic carbocycles. The lowest BCUT2D eigenvalue weighted by atomic mass is 9.75. The van der Waals surface area contributed by atoms with E-state index in [9.17, 15) is 0 Å². The van der Waals surface area contributed by atoms with Crippen LogP contribution in [0.4, 0.5) is 0 Å². The van der Waals surface area contributed by atoms with Crippen molar-refractivity contribution in [1.29, 1.82) is 0 Å². The number of rotatable bonds is 4. The predicted octanol–water partition coefficient (Wildman–Crippen LogP) is 5.24. The third kappa shape index (κ3) is 4.97. The average molecular weight is 345 g/mol. The van der Waals surface area contributed by atoms with Gasteiger partial charge in [0.05, 0.1) is 5.71 Å². The molecule has 1 unspecified atom stereocenters. The second-order valence-electron chi connectivity index (χ2n) is 8.08. The van der Waals surface area contributed by atoms with Crippen molar-refractivity contribution in [3.8, 4) is 0 Å². The van der Waals surface area contributed by atoms with Crippen LogP contribution >= 0.6 is 0 Å². The molecule has 140 valence electrons. The molecule has 2 fully saturated rings. The zero-order chi connectivity index (χ0) is 17.5. The van der Waals surface area contributed by atoms with Gasteiger partial charge in [-0.25, -0.2) is 0 Å². The second-order valence-corrected chi connectivity index (χ2v) is 8.08. The molecule has 0 amide bonds. The Morgan fingerprint density at radius 1 is 1.00 bits per heavy atom. The summed E-state index contributed by atoms with van der Waals surface area (Å²) in [7, 11) is 0. The van der Waals surface area contributed by atoms with Crippen molar-refractivity contribution in [3.05, 3.63) is 23.8 Å². The molecule has 1 atom stereocenters. The summed E-state index contributed by atoms with van der Waals surface area (Å²) in [5, 5.41) is 8.02. The van der Waals surface area contributed by atoms with E-state index in [1.54, 1.807) is 0 Å². The lowest BCUT2D eigenvalue weighted by Crippen LogP contribution is -2.32. The van der Waals surface area contributed by atoms with Gasteiger partial charge in [0, 0.05) is 12.3 Å². The fourth-order valence-electron chi connectivity index (χ4n) is 5.06. The van der Waals surface area contributed by atoms with Crippen LogP contribution in [0.5, 0.6) is 0 Å². The number of piperidine rings is 1. The van der Waals surface area contributed by atoms with E-state index in [4.69, 9.17) is 4.84 Å². The molecule has 0 aromatic rings. The monoisotopic (exact) mass is 344 g/mol. The Bertz CT molecular complexity index is 492. The van der Waals surface area contributed by atoms with Gasteiger partial charge in [0.2, 0.25) is 0 Å². The number of allylic oxidation sites excluding steroid dienone is 2. The number of oxime groups is 1. The maximum absolute atomic E-state index is 5.77. The molecule has 1 saturated carbocycles. The molecule has 0 spiro atoms. The number of hydrogen-bond donors (Lipinski definition) is 1. The average Bonchev–Trinajstić information content (AvgIpc) is 3.10. The first-order chi connectivity index (χ1) is 12.3. The van der Waals surface area contributed by atoms with Crippen LogP contribution in [-0.4, -0.2) is 24.9 Å². The topological polar surface area (TPSA) is 33.6 Å². The zero-order valence-corrected chi connectivity index (χ0v) is 16.2. The highest BCUT2D eigenvalue weighted by atomic mass is 16.6. The van der Waals surface area contributed by atoms with Gasteiger partial charge in [0.25, 0.3) is 0 Å². The van der Waals surface area contributed by atoms with Crippen molar-refractivity contribution < 1.29 is 4.84 Å². The summed E-state index contributed by atoms with van der Waals surface area (Å²) in [6.07, 6.45) is 18.5. The third-order valence-corrected chi connectivity index (χ3v) is 6.53. The lowest BCUT2D eigenvalue weighted by molar-refractivity contribution is 0.113. The van der Waals surface area contributed by atoms with Crippen LogP contribution < -0.4 is 5.32 Å². The summed E-state index contributed by atoms with van der Waals surface area (Å²) >= 11 is 0. The zero-order valence-electron chi connectivity index (χ0n) is 16.2. The Morgan fingerprint density at radius 3 is 2.32 bits per heavy atom.